The Hall–Kier alpha value is -1.35. The standard InChI is InChI=1S/C19H28F3N3O3/c1-28-17(27)18-6-11-4-12(7-18)16(13(5-11)8-18)24-15(26)10-25-3-2-23-9-14(25)19(20,21)22/h11-14,16,23H,2-10H2,1H3,(H,24,26). The van der Waals surface area contributed by atoms with Crippen molar-refractivity contribution in [2.45, 2.75) is 50.4 Å². The minimum Gasteiger partial charge on any atom is -0.469 e. The number of halogens is 3. The summed E-state index contributed by atoms with van der Waals surface area (Å²) < 4.78 is 44.7. The van der Waals surface area contributed by atoms with Crippen LogP contribution >= 0.6 is 0 Å². The second-order valence-electron chi connectivity index (χ2n) is 9.07. The quantitative estimate of drug-likeness (QED) is 0.693. The van der Waals surface area contributed by atoms with Crippen molar-refractivity contribution in [2.75, 3.05) is 33.3 Å². The van der Waals surface area contributed by atoms with Crippen LogP contribution in [0.15, 0.2) is 0 Å². The molecular formula is C19H28F3N3O3. The van der Waals surface area contributed by atoms with Crippen molar-refractivity contribution in [1.29, 1.82) is 0 Å². The number of methoxy groups -OCH3 is 1. The lowest BCUT2D eigenvalue weighted by Crippen LogP contribution is -2.63. The van der Waals surface area contributed by atoms with Crippen LogP contribution < -0.4 is 10.6 Å². The van der Waals surface area contributed by atoms with Crippen molar-refractivity contribution in [3.8, 4) is 0 Å². The van der Waals surface area contributed by atoms with Crippen molar-refractivity contribution in [3.63, 3.8) is 0 Å². The van der Waals surface area contributed by atoms with Crippen LogP contribution in [0.25, 0.3) is 0 Å². The summed E-state index contributed by atoms with van der Waals surface area (Å²) >= 11 is 0. The first-order valence-electron chi connectivity index (χ1n) is 10.1. The van der Waals surface area contributed by atoms with E-state index in [-0.39, 0.29) is 49.4 Å². The zero-order valence-electron chi connectivity index (χ0n) is 16.1. The molecule has 1 heterocycles. The zero-order valence-corrected chi connectivity index (χ0v) is 16.1. The number of piperazine rings is 1. The van der Waals surface area contributed by atoms with Gasteiger partial charge in [-0.15, -0.1) is 0 Å². The van der Waals surface area contributed by atoms with E-state index in [2.05, 4.69) is 10.6 Å². The van der Waals surface area contributed by atoms with Crippen LogP contribution in [0.4, 0.5) is 13.2 Å². The summed E-state index contributed by atoms with van der Waals surface area (Å²) in [6.45, 7) is 0.211. The van der Waals surface area contributed by atoms with Crippen molar-refractivity contribution in [3.05, 3.63) is 0 Å². The van der Waals surface area contributed by atoms with Gasteiger partial charge in [-0.05, 0) is 49.9 Å². The molecular weight excluding hydrogens is 375 g/mol. The van der Waals surface area contributed by atoms with Crippen molar-refractivity contribution < 1.29 is 27.5 Å². The summed E-state index contributed by atoms with van der Waals surface area (Å²) in [5.74, 6) is 0.394. The van der Waals surface area contributed by atoms with Crippen LogP contribution in [0, 0.1) is 23.2 Å². The van der Waals surface area contributed by atoms with E-state index in [0.717, 1.165) is 19.3 Å². The van der Waals surface area contributed by atoms with E-state index < -0.39 is 17.6 Å². The Balaban J connectivity index is 1.40. The van der Waals surface area contributed by atoms with E-state index in [9.17, 15) is 22.8 Å². The minimum absolute atomic E-state index is 0.0471. The third-order valence-electron chi connectivity index (χ3n) is 7.30. The van der Waals surface area contributed by atoms with Gasteiger partial charge in [-0.1, -0.05) is 0 Å². The van der Waals surface area contributed by atoms with Crippen LogP contribution in [-0.4, -0.2) is 68.3 Å². The molecule has 2 N–H and O–H groups in total. The Morgan fingerprint density at radius 1 is 1.21 bits per heavy atom. The molecule has 0 aromatic rings. The number of hydrogen-bond acceptors (Lipinski definition) is 5. The zero-order chi connectivity index (χ0) is 20.1. The molecule has 4 bridgehead atoms. The summed E-state index contributed by atoms with van der Waals surface area (Å²) in [4.78, 5) is 26.2. The molecule has 3 atom stereocenters. The molecule has 0 radical (unpaired) electrons. The number of nitrogens with one attached hydrogen (secondary N) is 2. The predicted molar refractivity (Wildman–Crippen MR) is 94.2 cm³/mol. The van der Waals surface area contributed by atoms with Crippen LogP contribution in [0.1, 0.15) is 32.1 Å². The molecule has 0 aromatic heterocycles. The van der Waals surface area contributed by atoms with Gasteiger partial charge in [-0.25, -0.2) is 0 Å². The molecule has 5 fully saturated rings. The van der Waals surface area contributed by atoms with Crippen LogP contribution in [0.3, 0.4) is 0 Å². The smallest absolute Gasteiger partial charge is 0.405 e. The van der Waals surface area contributed by atoms with Crippen LogP contribution in [-0.2, 0) is 14.3 Å². The Labute approximate surface area is 162 Å². The van der Waals surface area contributed by atoms with E-state index >= 15 is 0 Å². The van der Waals surface area contributed by atoms with Crippen molar-refractivity contribution in [1.82, 2.24) is 15.5 Å². The molecule has 1 amide bonds. The van der Waals surface area contributed by atoms with E-state index in [0.29, 0.717) is 25.3 Å². The van der Waals surface area contributed by atoms with Gasteiger partial charge in [0.25, 0.3) is 0 Å². The average Bonchev–Trinajstić information content (AvgIpc) is 2.63. The highest BCUT2D eigenvalue weighted by Gasteiger charge is 2.59. The summed E-state index contributed by atoms with van der Waals surface area (Å²) in [5, 5.41) is 5.79. The van der Waals surface area contributed by atoms with Crippen LogP contribution in [0.5, 0.6) is 0 Å². The van der Waals surface area contributed by atoms with Gasteiger partial charge in [0, 0.05) is 25.7 Å². The largest absolute Gasteiger partial charge is 0.469 e. The van der Waals surface area contributed by atoms with Gasteiger partial charge in [0.05, 0.1) is 19.1 Å². The molecule has 9 heteroatoms. The van der Waals surface area contributed by atoms with Gasteiger partial charge in [-0.2, -0.15) is 13.2 Å². The van der Waals surface area contributed by atoms with Gasteiger partial charge in [0.2, 0.25) is 5.91 Å². The number of ether oxygens (including phenoxy) is 1. The second-order valence-corrected chi connectivity index (χ2v) is 9.07. The SMILES string of the molecule is COC(=O)C12CC3CC(C1)C(NC(=O)CN1CCNCC1C(F)(F)F)C(C3)C2. The lowest BCUT2D eigenvalue weighted by molar-refractivity contribution is -0.187. The van der Waals surface area contributed by atoms with E-state index in [1.54, 1.807) is 0 Å². The second kappa shape index (κ2) is 7.16. The first-order chi connectivity index (χ1) is 13.2. The van der Waals surface area contributed by atoms with Crippen LogP contribution in [0.2, 0.25) is 0 Å². The third-order valence-corrected chi connectivity index (χ3v) is 7.30. The molecule has 4 aliphatic carbocycles. The summed E-state index contributed by atoms with van der Waals surface area (Å²) in [6, 6.07) is -1.68. The fourth-order valence-electron chi connectivity index (χ4n) is 6.40. The highest BCUT2D eigenvalue weighted by molar-refractivity contribution is 5.79. The average molecular weight is 403 g/mol. The molecule has 5 rings (SSSR count). The Kier molecular flexibility index (Phi) is 5.10. The molecule has 4 saturated carbocycles. The van der Waals surface area contributed by atoms with Gasteiger partial charge in [0.1, 0.15) is 6.04 Å². The number of carbonyl (C=O) groups is 2. The van der Waals surface area contributed by atoms with Crippen molar-refractivity contribution in [2.24, 2.45) is 23.2 Å². The van der Waals surface area contributed by atoms with E-state index in [1.807, 2.05) is 0 Å². The fourth-order valence-corrected chi connectivity index (χ4v) is 6.40. The first-order valence-corrected chi connectivity index (χ1v) is 10.1. The molecule has 1 aliphatic heterocycles. The maximum Gasteiger partial charge on any atom is 0.405 e. The number of carbonyl (C=O) groups excluding carboxylic acids is 2. The maximum absolute atomic E-state index is 13.2. The number of alkyl halides is 3. The highest BCUT2D eigenvalue weighted by atomic mass is 19.4. The van der Waals surface area contributed by atoms with E-state index in [1.165, 1.54) is 12.0 Å². The lowest BCUT2D eigenvalue weighted by Gasteiger charge is -2.58. The monoisotopic (exact) mass is 403 g/mol. The first kappa shape index (κ1) is 19.9. The number of amides is 1. The van der Waals surface area contributed by atoms with Gasteiger partial charge in [-0.3, -0.25) is 14.5 Å². The van der Waals surface area contributed by atoms with E-state index in [4.69, 9.17) is 4.74 Å². The Morgan fingerprint density at radius 2 is 1.89 bits per heavy atom. The molecule has 158 valence electrons. The molecule has 5 aliphatic rings. The predicted octanol–water partition coefficient (Wildman–Crippen LogP) is 1.31. The molecule has 1 saturated heterocycles. The van der Waals surface area contributed by atoms with Crippen molar-refractivity contribution >= 4 is 11.9 Å². The molecule has 6 nitrogen and oxygen atoms in total. The molecule has 0 spiro atoms. The normalized spacial score (nSPS) is 40.4. The topological polar surface area (TPSA) is 70.7 Å². The number of nitrogens with zero attached hydrogens (tertiary/aromatic N) is 1. The third kappa shape index (κ3) is 3.51. The number of esters is 1. The maximum atomic E-state index is 13.2. The lowest BCUT2D eigenvalue weighted by atomic mass is 9.48. The number of rotatable bonds is 4. The van der Waals surface area contributed by atoms with Gasteiger partial charge < -0.3 is 15.4 Å². The fraction of sp³-hybridized carbons (Fsp3) is 0.895. The Morgan fingerprint density at radius 3 is 2.50 bits per heavy atom. The summed E-state index contributed by atoms with van der Waals surface area (Å²) in [6.07, 6.45) is -0.143. The summed E-state index contributed by atoms with van der Waals surface area (Å²) in [7, 11) is 1.42. The highest BCUT2D eigenvalue weighted by Crippen LogP contribution is 2.60. The minimum atomic E-state index is -4.36. The van der Waals surface area contributed by atoms with Gasteiger partial charge >= 0.3 is 12.1 Å². The Bertz CT molecular complexity index is 626. The molecule has 28 heavy (non-hydrogen) atoms. The molecule has 3 unspecified atom stereocenters. The van der Waals surface area contributed by atoms with Gasteiger partial charge in [0.15, 0.2) is 0 Å². The summed E-state index contributed by atoms with van der Waals surface area (Å²) in [5.41, 5.74) is -0.424. The molecule has 0 aromatic carbocycles. The number of hydrogen-bond donors (Lipinski definition) is 2.